The summed E-state index contributed by atoms with van der Waals surface area (Å²) in [5.74, 6) is 0.396. The van der Waals surface area contributed by atoms with Gasteiger partial charge < -0.3 is 9.53 Å². The van der Waals surface area contributed by atoms with E-state index >= 15 is 0 Å². The number of hydrogen-bond donors (Lipinski definition) is 0. The molecular formula is C17H17FO2. The van der Waals surface area contributed by atoms with Crippen molar-refractivity contribution in [3.63, 3.8) is 0 Å². The number of benzene rings is 2. The van der Waals surface area contributed by atoms with Crippen molar-refractivity contribution >= 4 is 6.29 Å². The molecule has 0 bridgehead atoms. The van der Waals surface area contributed by atoms with E-state index in [1.165, 1.54) is 6.07 Å². The fraction of sp³-hybridized carbons (Fsp3) is 0.235. The van der Waals surface area contributed by atoms with Gasteiger partial charge in [0.1, 0.15) is 17.9 Å². The molecule has 0 aliphatic carbocycles. The zero-order chi connectivity index (χ0) is 14.6. The van der Waals surface area contributed by atoms with Gasteiger partial charge in [0, 0.05) is 0 Å². The molecule has 2 rings (SSSR count). The van der Waals surface area contributed by atoms with E-state index < -0.39 is 5.41 Å². The molecule has 0 aromatic heterocycles. The van der Waals surface area contributed by atoms with Crippen molar-refractivity contribution in [3.8, 4) is 5.75 Å². The first-order valence-electron chi connectivity index (χ1n) is 6.43. The molecule has 0 N–H and O–H groups in total. The van der Waals surface area contributed by atoms with E-state index in [1.54, 1.807) is 32.2 Å². The van der Waals surface area contributed by atoms with Crippen molar-refractivity contribution in [2.45, 2.75) is 18.8 Å². The van der Waals surface area contributed by atoms with Crippen molar-refractivity contribution < 1.29 is 13.9 Å². The average molecular weight is 272 g/mol. The minimum Gasteiger partial charge on any atom is -0.497 e. The molecule has 0 aliphatic rings. The molecule has 2 aromatic rings. The molecule has 20 heavy (non-hydrogen) atoms. The third-order valence-corrected chi connectivity index (χ3v) is 3.50. The van der Waals surface area contributed by atoms with Crippen LogP contribution >= 0.6 is 0 Å². The zero-order valence-corrected chi connectivity index (χ0v) is 11.6. The molecule has 104 valence electrons. The van der Waals surface area contributed by atoms with Crippen LogP contribution in [0.5, 0.6) is 5.75 Å². The molecule has 3 heteroatoms. The van der Waals surface area contributed by atoms with Crippen LogP contribution in [0.4, 0.5) is 4.39 Å². The fourth-order valence-corrected chi connectivity index (χ4v) is 2.23. The molecule has 0 saturated carbocycles. The van der Waals surface area contributed by atoms with Crippen LogP contribution in [0.3, 0.4) is 0 Å². The van der Waals surface area contributed by atoms with E-state index in [4.69, 9.17) is 4.74 Å². The summed E-state index contributed by atoms with van der Waals surface area (Å²) in [6.45, 7) is 1.81. The minimum atomic E-state index is -0.781. The van der Waals surface area contributed by atoms with Crippen LogP contribution < -0.4 is 4.74 Å². The number of aldehydes is 1. The van der Waals surface area contributed by atoms with Gasteiger partial charge in [-0.2, -0.15) is 0 Å². The molecule has 1 atom stereocenters. The van der Waals surface area contributed by atoms with E-state index in [2.05, 4.69) is 0 Å². The molecule has 0 heterocycles. The smallest absolute Gasteiger partial charge is 0.130 e. The number of methoxy groups -OCH3 is 1. The highest BCUT2D eigenvalue weighted by atomic mass is 19.1. The standard InChI is InChI=1S/C17H17FO2/c1-17(12-19,11-13-6-3-4-9-16(13)18)14-7-5-8-15(10-14)20-2/h3-10,12H,11H2,1-2H3. The lowest BCUT2D eigenvalue weighted by Crippen LogP contribution is -2.27. The monoisotopic (exact) mass is 272 g/mol. The zero-order valence-electron chi connectivity index (χ0n) is 11.6. The van der Waals surface area contributed by atoms with Gasteiger partial charge >= 0.3 is 0 Å². The maximum absolute atomic E-state index is 13.8. The third-order valence-electron chi connectivity index (χ3n) is 3.50. The summed E-state index contributed by atoms with van der Waals surface area (Å²) in [5, 5.41) is 0. The Morgan fingerprint density at radius 3 is 2.60 bits per heavy atom. The second-order valence-corrected chi connectivity index (χ2v) is 5.04. The Kier molecular flexibility index (Phi) is 4.18. The highest BCUT2D eigenvalue weighted by Crippen LogP contribution is 2.29. The Morgan fingerprint density at radius 2 is 1.95 bits per heavy atom. The molecule has 0 aliphatic heterocycles. The van der Waals surface area contributed by atoms with Crippen molar-refractivity contribution in [1.82, 2.24) is 0 Å². The maximum atomic E-state index is 13.8. The molecule has 0 radical (unpaired) electrons. The molecule has 2 nitrogen and oxygen atoms in total. The van der Waals surface area contributed by atoms with Gasteiger partial charge in [-0.3, -0.25) is 0 Å². The van der Waals surface area contributed by atoms with Crippen molar-refractivity contribution in [1.29, 1.82) is 0 Å². The average Bonchev–Trinajstić information content (AvgIpc) is 2.49. The van der Waals surface area contributed by atoms with Crippen molar-refractivity contribution in [2.75, 3.05) is 7.11 Å². The Hall–Kier alpha value is -2.16. The molecule has 0 fully saturated rings. The Bertz CT molecular complexity index is 609. The normalized spacial score (nSPS) is 13.6. The SMILES string of the molecule is COc1cccc(C(C)(C=O)Cc2ccccc2F)c1. The van der Waals surface area contributed by atoms with Crippen molar-refractivity contribution in [2.24, 2.45) is 0 Å². The second kappa shape index (κ2) is 5.87. The van der Waals surface area contributed by atoms with Gasteiger partial charge in [-0.1, -0.05) is 30.3 Å². The van der Waals surface area contributed by atoms with Gasteiger partial charge in [-0.15, -0.1) is 0 Å². The summed E-state index contributed by atoms with van der Waals surface area (Å²) in [6, 6.07) is 13.9. The Balaban J connectivity index is 2.38. The topological polar surface area (TPSA) is 26.3 Å². The number of ether oxygens (including phenoxy) is 1. The number of hydrogen-bond acceptors (Lipinski definition) is 2. The van der Waals surface area contributed by atoms with E-state index in [-0.39, 0.29) is 5.82 Å². The van der Waals surface area contributed by atoms with Gasteiger partial charge in [-0.05, 0) is 42.7 Å². The first-order chi connectivity index (χ1) is 9.59. The highest BCUT2D eigenvalue weighted by molar-refractivity contribution is 5.69. The molecular weight excluding hydrogens is 255 g/mol. The fourth-order valence-electron chi connectivity index (χ4n) is 2.23. The number of halogens is 1. The molecule has 1 unspecified atom stereocenters. The summed E-state index contributed by atoms with van der Waals surface area (Å²) < 4.78 is 19.0. The number of carbonyl (C=O) groups is 1. The van der Waals surface area contributed by atoms with Crippen LogP contribution in [0.2, 0.25) is 0 Å². The molecule has 0 spiro atoms. The first-order valence-corrected chi connectivity index (χ1v) is 6.43. The van der Waals surface area contributed by atoms with Crippen LogP contribution in [0.15, 0.2) is 48.5 Å². The summed E-state index contributed by atoms with van der Waals surface area (Å²) in [4.78, 5) is 11.6. The van der Waals surface area contributed by atoms with Crippen LogP contribution in [0.1, 0.15) is 18.1 Å². The van der Waals surface area contributed by atoms with E-state index in [0.29, 0.717) is 17.7 Å². The molecule has 2 aromatic carbocycles. The van der Waals surface area contributed by atoms with E-state index in [1.807, 2.05) is 24.3 Å². The highest BCUT2D eigenvalue weighted by Gasteiger charge is 2.28. The summed E-state index contributed by atoms with van der Waals surface area (Å²) >= 11 is 0. The third kappa shape index (κ3) is 2.87. The number of rotatable bonds is 5. The predicted molar refractivity (Wildman–Crippen MR) is 76.5 cm³/mol. The molecule has 0 amide bonds. The number of carbonyl (C=O) groups excluding carboxylic acids is 1. The van der Waals surface area contributed by atoms with Gasteiger partial charge in [-0.25, -0.2) is 4.39 Å². The largest absolute Gasteiger partial charge is 0.497 e. The van der Waals surface area contributed by atoms with Crippen LogP contribution in [0, 0.1) is 5.82 Å². The lowest BCUT2D eigenvalue weighted by atomic mass is 9.78. The summed E-state index contributed by atoms with van der Waals surface area (Å²) in [7, 11) is 1.58. The molecule has 0 saturated heterocycles. The van der Waals surface area contributed by atoms with Gasteiger partial charge in [0.05, 0.1) is 12.5 Å². The predicted octanol–water partition coefficient (Wildman–Crippen LogP) is 3.53. The lowest BCUT2D eigenvalue weighted by molar-refractivity contribution is -0.112. The second-order valence-electron chi connectivity index (χ2n) is 5.04. The Labute approximate surface area is 118 Å². The van der Waals surface area contributed by atoms with E-state index in [0.717, 1.165) is 11.8 Å². The van der Waals surface area contributed by atoms with Crippen molar-refractivity contribution in [3.05, 3.63) is 65.5 Å². The quantitative estimate of drug-likeness (QED) is 0.778. The maximum Gasteiger partial charge on any atom is 0.130 e. The van der Waals surface area contributed by atoms with Crippen LogP contribution in [-0.2, 0) is 16.6 Å². The van der Waals surface area contributed by atoms with Gasteiger partial charge in [0.2, 0.25) is 0 Å². The summed E-state index contributed by atoms with van der Waals surface area (Å²) in [5.41, 5.74) is 0.566. The minimum absolute atomic E-state index is 0.288. The van der Waals surface area contributed by atoms with E-state index in [9.17, 15) is 9.18 Å². The van der Waals surface area contributed by atoms with Gasteiger partial charge in [0.15, 0.2) is 0 Å². The summed E-state index contributed by atoms with van der Waals surface area (Å²) in [6.07, 6.45) is 1.19. The first kappa shape index (κ1) is 14.3. The van der Waals surface area contributed by atoms with Crippen LogP contribution in [-0.4, -0.2) is 13.4 Å². The lowest BCUT2D eigenvalue weighted by Gasteiger charge is -2.24. The van der Waals surface area contributed by atoms with Crippen LogP contribution in [0.25, 0.3) is 0 Å². The Morgan fingerprint density at radius 1 is 1.20 bits per heavy atom. The van der Waals surface area contributed by atoms with Gasteiger partial charge in [0.25, 0.3) is 0 Å².